The number of amides is 1. The molecule has 0 saturated heterocycles. The molecule has 0 fully saturated rings. The Labute approximate surface area is 94.0 Å². The highest BCUT2D eigenvalue weighted by Crippen LogP contribution is 2.10. The highest BCUT2D eigenvalue weighted by molar-refractivity contribution is 5.80. The maximum absolute atomic E-state index is 11.3. The third-order valence-corrected chi connectivity index (χ3v) is 1.95. The smallest absolute Gasteiger partial charge is 0.239 e. The Kier molecular flexibility index (Phi) is 4.46. The molecule has 7 heteroatoms. The number of nitrogens with two attached hydrogens (primary N) is 1. The van der Waals surface area contributed by atoms with Crippen molar-refractivity contribution < 1.29 is 4.79 Å². The number of likely N-dealkylation sites (N-methyl/N-ethyl adjacent to an activating group) is 2. The van der Waals surface area contributed by atoms with Crippen molar-refractivity contribution in [2.45, 2.75) is 6.92 Å². The number of carbonyl (C=O) groups excluding carboxylic acids is 1. The average Bonchev–Trinajstić information content (AvgIpc) is 2.29. The maximum atomic E-state index is 11.3. The Bertz CT molecular complexity index is 356. The molecule has 0 radical (unpaired) electrons. The molecule has 1 aromatic rings. The highest BCUT2D eigenvalue weighted by atomic mass is 16.2. The average molecular weight is 224 g/mol. The van der Waals surface area contributed by atoms with Crippen LogP contribution in [0.25, 0.3) is 0 Å². The second-order valence-corrected chi connectivity index (χ2v) is 3.22. The van der Waals surface area contributed by atoms with E-state index in [4.69, 9.17) is 5.84 Å². The van der Waals surface area contributed by atoms with Crippen LogP contribution in [0.1, 0.15) is 6.92 Å². The molecule has 1 aromatic heterocycles. The summed E-state index contributed by atoms with van der Waals surface area (Å²) in [6, 6.07) is 1.67. The summed E-state index contributed by atoms with van der Waals surface area (Å²) < 4.78 is 0. The predicted molar refractivity (Wildman–Crippen MR) is 61.8 cm³/mol. The minimum absolute atomic E-state index is 0.0501. The summed E-state index contributed by atoms with van der Waals surface area (Å²) in [5.74, 6) is 6.32. The summed E-state index contributed by atoms with van der Waals surface area (Å²) in [5, 5.41) is 2.71. The van der Waals surface area contributed by atoms with E-state index in [1.807, 2.05) is 6.92 Å². The molecule has 0 spiro atoms. The van der Waals surface area contributed by atoms with Gasteiger partial charge in [-0.3, -0.25) is 4.79 Å². The fraction of sp³-hybridized carbons (Fsp3) is 0.444. The minimum atomic E-state index is -0.0501. The largest absolute Gasteiger partial charge is 0.355 e. The zero-order chi connectivity index (χ0) is 12.0. The molecule has 88 valence electrons. The van der Waals surface area contributed by atoms with Gasteiger partial charge in [-0.25, -0.2) is 15.8 Å². The Morgan fingerprint density at radius 1 is 1.56 bits per heavy atom. The predicted octanol–water partition coefficient (Wildman–Crippen LogP) is -0.665. The van der Waals surface area contributed by atoms with Gasteiger partial charge in [-0.1, -0.05) is 0 Å². The molecule has 0 aromatic carbocycles. The van der Waals surface area contributed by atoms with Gasteiger partial charge < -0.3 is 15.6 Å². The molecule has 7 nitrogen and oxygen atoms in total. The van der Waals surface area contributed by atoms with Gasteiger partial charge in [-0.2, -0.15) is 0 Å². The van der Waals surface area contributed by atoms with Crippen LogP contribution in [0.5, 0.6) is 0 Å². The van der Waals surface area contributed by atoms with Gasteiger partial charge in [0.25, 0.3) is 0 Å². The van der Waals surface area contributed by atoms with Crippen molar-refractivity contribution in [2.24, 2.45) is 5.84 Å². The number of nitrogen functional groups attached to an aromatic ring is 1. The standard InChI is InChI=1S/C9H16N6O/c1-3-11-9(16)5-15(2)8-4-7(14-10)12-6-13-8/h4,6H,3,5,10H2,1-2H3,(H,11,16)(H,12,13,14). The molecule has 16 heavy (non-hydrogen) atoms. The van der Waals surface area contributed by atoms with E-state index >= 15 is 0 Å². The topological polar surface area (TPSA) is 96.2 Å². The summed E-state index contributed by atoms with van der Waals surface area (Å²) in [6.07, 6.45) is 1.39. The van der Waals surface area contributed by atoms with Crippen molar-refractivity contribution in [3.8, 4) is 0 Å². The Morgan fingerprint density at radius 2 is 2.31 bits per heavy atom. The third kappa shape index (κ3) is 3.35. The zero-order valence-corrected chi connectivity index (χ0v) is 9.40. The number of rotatable bonds is 5. The van der Waals surface area contributed by atoms with Gasteiger partial charge in [0.05, 0.1) is 6.54 Å². The van der Waals surface area contributed by atoms with Gasteiger partial charge in [-0.05, 0) is 6.92 Å². The second-order valence-electron chi connectivity index (χ2n) is 3.22. The first-order chi connectivity index (χ1) is 7.67. The maximum Gasteiger partial charge on any atom is 0.239 e. The fourth-order valence-corrected chi connectivity index (χ4v) is 1.18. The molecule has 0 unspecified atom stereocenters. The summed E-state index contributed by atoms with van der Waals surface area (Å²) in [6.45, 7) is 2.74. The number of nitrogens with zero attached hydrogens (tertiary/aromatic N) is 3. The van der Waals surface area contributed by atoms with Gasteiger partial charge in [0, 0.05) is 19.7 Å². The molecule has 1 heterocycles. The van der Waals surface area contributed by atoms with Crippen LogP contribution >= 0.6 is 0 Å². The molecule has 0 aliphatic rings. The van der Waals surface area contributed by atoms with Crippen LogP contribution < -0.4 is 21.5 Å². The molecule has 1 amide bonds. The number of aromatic nitrogens is 2. The zero-order valence-electron chi connectivity index (χ0n) is 9.40. The first-order valence-electron chi connectivity index (χ1n) is 4.94. The van der Waals surface area contributed by atoms with E-state index in [0.717, 1.165) is 0 Å². The molecule has 0 aliphatic carbocycles. The summed E-state index contributed by atoms with van der Waals surface area (Å²) in [7, 11) is 1.78. The van der Waals surface area contributed by atoms with Crippen molar-refractivity contribution in [3.05, 3.63) is 12.4 Å². The molecule has 4 N–H and O–H groups in total. The summed E-state index contributed by atoms with van der Waals surface area (Å²) in [4.78, 5) is 21.0. The molecule has 0 aliphatic heterocycles. The van der Waals surface area contributed by atoms with Crippen LogP contribution in [0, 0.1) is 0 Å². The molecular weight excluding hydrogens is 208 g/mol. The summed E-state index contributed by atoms with van der Waals surface area (Å²) in [5.41, 5.74) is 2.42. The number of hydrogen-bond acceptors (Lipinski definition) is 6. The first kappa shape index (κ1) is 12.2. The number of hydrogen-bond donors (Lipinski definition) is 3. The van der Waals surface area contributed by atoms with E-state index in [-0.39, 0.29) is 12.5 Å². The van der Waals surface area contributed by atoms with Crippen LogP contribution in [0.2, 0.25) is 0 Å². The Balaban J connectivity index is 2.64. The van der Waals surface area contributed by atoms with Crippen LogP contribution in [-0.4, -0.2) is 36.0 Å². The first-order valence-corrected chi connectivity index (χ1v) is 4.94. The lowest BCUT2D eigenvalue weighted by Crippen LogP contribution is -2.35. The quantitative estimate of drug-likeness (QED) is 0.453. The monoisotopic (exact) mass is 224 g/mol. The second kappa shape index (κ2) is 5.86. The van der Waals surface area contributed by atoms with Gasteiger partial charge in [0.15, 0.2) is 0 Å². The van der Waals surface area contributed by atoms with Crippen molar-refractivity contribution in [1.29, 1.82) is 0 Å². The highest BCUT2D eigenvalue weighted by Gasteiger charge is 2.08. The molecular formula is C9H16N6O. The van der Waals surface area contributed by atoms with Crippen LogP contribution in [-0.2, 0) is 4.79 Å². The number of carbonyl (C=O) groups is 1. The van der Waals surface area contributed by atoms with Crippen LogP contribution in [0.3, 0.4) is 0 Å². The van der Waals surface area contributed by atoms with E-state index in [2.05, 4.69) is 20.7 Å². The number of anilines is 2. The van der Waals surface area contributed by atoms with Gasteiger partial charge in [0.1, 0.15) is 18.0 Å². The van der Waals surface area contributed by atoms with Crippen molar-refractivity contribution in [2.75, 3.05) is 30.5 Å². The van der Waals surface area contributed by atoms with E-state index in [1.54, 1.807) is 18.0 Å². The van der Waals surface area contributed by atoms with E-state index in [1.165, 1.54) is 6.33 Å². The normalized spacial score (nSPS) is 9.69. The van der Waals surface area contributed by atoms with Crippen molar-refractivity contribution in [1.82, 2.24) is 15.3 Å². The molecule has 0 atom stereocenters. The van der Waals surface area contributed by atoms with Crippen molar-refractivity contribution in [3.63, 3.8) is 0 Å². The van der Waals surface area contributed by atoms with Gasteiger partial charge >= 0.3 is 0 Å². The van der Waals surface area contributed by atoms with E-state index in [0.29, 0.717) is 18.2 Å². The van der Waals surface area contributed by atoms with Crippen molar-refractivity contribution >= 4 is 17.5 Å². The number of nitrogens with one attached hydrogen (secondary N) is 2. The lowest BCUT2D eigenvalue weighted by Gasteiger charge is -2.17. The Morgan fingerprint density at radius 3 is 2.94 bits per heavy atom. The SMILES string of the molecule is CCNC(=O)CN(C)c1cc(NN)ncn1. The summed E-state index contributed by atoms with van der Waals surface area (Å²) >= 11 is 0. The van der Waals surface area contributed by atoms with E-state index < -0.39 is 0 Å². The van der Waals surface area contributed by atoms with Gasteiger partial charge in [0.2, 0.25) is 5.91 Å². The molecule has 0 saturated carbocycles. The lowest BCUT2D eigenvalue weighted by atomic mass is 10.4. The van der Waals surface area contributed by atoms with Crippen LogP contribution in [0.15, 0.2) is 12.4 Å². The molecule has 1 rings (SSSR count). The van der Waals surface area contributed by atoms with Gasteiger partial charge in [-0.15, -0.1) is 0 Å². The lowest BCUT2D eigenvalue weighted by molar-refractivity contribution is -0.119. The Hall–Kier alpha value is -1.89. The van der Waals surface area contributed by atoms with E-state index in [9.17, 15) is 4.79 Å². The third-order valence-electron chi connectivity index (χ3n) is 1.95. The minimum Gasteiger partial charge on any atom is -0.355 e. The number of hydrazine groups is 1. The fourth-order valence-electron chi connectivity index (χ4n) is 1.18. The van der Waals surface area contributed by atoms with Crippen LogP contribution in [0.4, 0.5) is 11.6 Å². The molecule has 0 bridgehead atoms.